The highest BCUT2D eigenvalue weighted by Crippen LogP contribution is 2.09. The molecular weight excluding hydrogens is 148 g/mol. The van der Waals surface area contributed by atoms with Crippen LogP contribution in [0.25, 0.3) is 0 Å². The molecule has 1 aliphatic heterocycles. The predicted molar refractivity (Wildman–Crippen MR) is 53.2 cm³/mol. The van der Waals surface area contributed by atoms with Gasteiger partial charge in [-0.1, -0.05) is 19.8 Å². The molecule has 0 saturated carbocycles. The molecule has 0 unspecified atom stereocenters. The van der Waals surface area contributed by atoms with Crippen molar-refractivity contribution in [2.45, 2.75) is 45.1 Å². The largest absolute Gasteiger partial charge is 0.327 e. The molecule has 0 amide bonds. The number of nitrogens with two attached hydrogens (primary N) is 1. The van der Waals surface area contributed by atoms with Crippen LogP contribution in [0, 0.1) is 0 Å². The quantitative estimate of drug-likeness (QED) is 0.649. The summed E-state index contributed by atoms with van der Waals surface area (Å²) in [5.74, 6) is 0. The summed E-state index contributed by atoms with van der Waals surface area (Å²) in [5.41, 5.74) is 5.89. The number of unbranched alkanes of at least 4 members (excludes halogenated alkanes) is 2. The topological polar surface area (TPSA) is 29.3 Å². The Labute approximate surface area is 76.1 Å². The van der Waals surface area contributed by atoms with E-state index in [1.165, 1.54) is 45.2 Å². The summed E-state index contributed by atoms with van der Waals surface area (Å²) in [5, 5.41) is 0. The van der Waals surface area contributed by atoms with Crippen molar-refractivity contribution in [1.82, 2.24) is 4.90 Å². The molecule has 1 heterocycles. The number of nitrogens with zero attached hydrogens (tertiary/aromatic N) is 1. The number of piperidine rings is 1. The van der Waals surface area contributed by atoms with Crippen LogP contribution in [0.1, 0.15) is 39.0 Å². The molecule has 12 heavy (non-hydrogen) atoms. The van der Waals surface area contributed by atoms with Crippen molar-refractivity contribution < 1.29 is 0 Å². The van der Waals surface area contributed by atoms with Crippen molar-refractivity contribution in [2.24, 2.45) is 5.73 Å². The fourth-order valence-corrected chi connectivity index (χ4v) is 1.88. The molecule has 0 aliphatic carbocycles. The van der Waals surface area contributed by atoms with Crippen LogP contribution in [-0.4, -0.2) is 30.6 Å². The molecule has 72 valence electrons. The summed E-state index contributed by atoms with van der Waals surface area (Å²) < 4.78 is 0. The van der Waals surface area contributed by atoms with E-state index in [1.807, 2.05) is 0 Å². The molecule has 0 spiro atoms. The number of rotatable bonds is 4. The van der Waals surface area contributed by atoms with E-state index in [1.54, 1.807) is 0 Å². The highest BCUT2D eigenvalue weighted by atomic mass is 15.1. The molecule has 1 aliphatic rings. The molecule has 1 saturated heterocycles. The van der Waals surface area contributed by atoms with Gasteiger partial charge in [0.15, 0.2) is 0 Å². The smallest absolute Gasteiger partial charge is 0.0168 e. The first kappa shape index (κ1) is 10.0. The van der Waals surface area contributed by atoms with Crippen LogP contribution in [0.4, 0.5) is 0 Å². The first-order valence-corrected chi connectivity index (χ1v) is 5.31. The maximum Gasteiger partial charge on any atom is 0.0168 e. The molecule has 2 heteroatoms. The molecule has 0 aromatic heterocycles. The first-order valence-electron chi connectivity index (χ1n) is 5.31. The maximum atomic E-state index is 5.89. The predicted octanol–water partition coefficient (Wildman–Crippen LogP) is 1.60. The van der Waals surface area contributed by atoms with Crippen molar-refractivity contribution in [1.29, 1.82) is 0 Å². The first-order chi connectivity index (χ1) is 5.83. The summed E-state index contributed by atoms with van der Waals surface area (Å²) in [6.07, 6.45) is 6.56. The molecule has 1 rings (SSSR count). The Balaban J connectivity index is 2.06. The lowest BCUT2D eigenvalue weighted by atomic mass is 10.1. The second-order valence-corrected chi connectivity index (χ2v) is 3.91. The Hall–Kier alpha value is -0.0800. The van der Waals surface area contributed by atoms with Gasteiger partial charge < -0.3 is 10.6 Å². The van der Waals surface area contributed by atoms with Gasteiger partial charge in [0.05, 0.1) is 0 Å². The Bertz CT molecular complexity index is 114. The lowest BCUT2D eigenvalue weighted by Gasteiger charge is -2.30. The van der Waals surface area contributed by atoms with Crippen molar-refractivity contribution >= 4 is 0 Å². The van der Waals surface area contributed by atoms with E-state index in [0.29, 0.717) is 6.04 Å². The van der Waals surface area contributed by atoms with Gasteiger partial charge in [-0.3, -0.25) is 0 Å². The van der Waals surface area contributed by atoms with Gasteiger partial charge in [-0.05, 0) is 32.4 Å². The van der Waals surface area contributed by atoms with Gasteiger partial charge in [0, 0.05) is 12.6 Å². The molecule has 0 aromatic rings. The average molecular weight is 170 g/mol. The summed E-state index contributed by atoms with van der Waals surface area (Å²) in [4.78, 5) is 2.52. The summed E-state index contributed by atoms with van der Waals surface area (Å²) >= 11 is 0. The van der Waals surface area contributed by atoms with Gasteiger partial charge in [0.1, 0.15) is 0 Å². The third-order valence-electron chi connectivity index (χ3n) is 2.62. The lowest BCUT2D eigenvalue weighted by Crippen LogP contribution is -2.43. The van der Waals surface area contributed by atoms with E-state index in [-0.39, 0.29) is 0 Å². The molecule has 0 radical (unpaired) electrons. The van der Waals surface area contributed by atoms with Gasteiger partial charge in [-0.15, -0.1) is 0 Å². The SMILES string of the molecule is CCCCCN1CCC[C@H](N)C1. The Morgan fingerprint density at radius 3 is 2.92 bits per heavy atom. The average Bonchev–Trinajstić information content (AvgIpc) is 2.05. The van der Waals surface area contributed by atoms with Crippen molar-refractivity contribution in [2.75, 3.05) is 19.6 Å². The summed E-state index contributed by atoms with van der Waals surface area (Å²) in [6.45, 7) is 5.92. The van der Waals surface area contributed by atoms with E-state index >= 15 is 0 Å². The van der Waals surface area contributed by atoms with Gasteiger partial charge in [0.2, 0.25) is 0 Å². The second kappa shape index (κ2) is 5.55. The lowest BCUT2D eigenvalue weighted by molar-refractivity contribution is 0.205. The monoisotopic (exact) mass is 170 g/mol. The van der Waals surface area contributed by atoms with Gasteiger partial charge >= 0.3 is 0 Å². The minimum atomic E-state index is 0.445. The van der Waals surface area contributed by atoms with E-state index < -0.39 is 0 Å². The fourth-order valence-electron chi connectivity index (χ4n) is 1.88. The zero-order chi connectivity index (χ0) is 8.81. The van der Waals surface area contributed by atoms with Gasteiger partial charge in [0.25, 0.3) is 0 Å². The maximum absolute atomic E-state index is 5.89. The molecule has 0 bridgehead atoms. The molecule has 0 aromatic carbocycles. The van der Waals surface area contributed by atoms with Crippen LogP contribution >= 0.6 is 0 Å². The van der Waals surface area contributed by atoms with Crippen LogP contribution in [0.2, 0.25) is 0 Å². The highest BCUT2D eigenvalue weighted by molar-refractivity contribution is 4.74. The van der Waals surface area contributed by atoms with Crippen molar-refractivity contribution in [3.63, 3.8) is 0 Å². The molecule has 1 fully saturated rings. The van der Waals surface area contributed by atoms with Crippen LogP contribution in [0.3, 0.4) is 0 Å². The highest BCUT2D eigenvalue weighted by Gasteiger charge is 2.15. The minimum Gasteiger partial charge on any atom is -0.327 e. The van der Waals surface area contributed by atoms with E-state index in [2.05, 4.69) is 11.8 Å². The Kier molecular flexibility index (Phi) is 4.62. The van der Waals surface area contributed by atoms with Crippen LogP contribution < -0.4 is 5.73 Å². The number of hydrogen-bond donors (Lipinski definition) is 1. The fraction of sp³-hybridized carbons (Fsp3) is 1.00. The molecular formula is C10H22N2. The number of likely N-dealkylation sites (tertiary alicyclic amines) is 1. The number of hydrogen-bond acceptors (Lipinski definition) is 2. The Morgan fingerprint density at radius 1 is 1.42 bits per heavy atom. The van der Waals surface area contributed by atoms with Crippen molar-refractivity contribution in [3.8, 4) is 0 Å². The van der Waals surface area contributed by atoms with Crippen LogP contribution in [0.15, 0.2) is 0 Å². The van der Waals surface area contributed by atoms with E-state index in [0.717, 1.165) is 6.54 Å². The summed E-state index contributed by atoms with van der Waals surface area (Å²) in [6, 6.07) is 0.445. The molecule has 1 atom stereocenters. The second-order valence-electron chi connectivity index (χ2n) is 3.91. The van der Waals surface area contributed by atoms with Gasteiger partial charge in [-0.2, -0.15) is 0 Å². The van der Waals surface area contributed by atoms with Crippen LogP contribution in [0.5, 0.6) is 0 Å². The van der Waals surface area contributed by atoms with E-state index in [9.17, 15) is 0 Å². The van der Waals surface area contributed by atoms with Gasteiger partial charge in [-0.25, -0.2) is 0 Å². The third-order valence-corrected chi connectivity index (χ3v) is 2.62. The molecule has 2 nitrogen and oxygen atoms in total. The normalized spacial score (nSPS) is 26.0. The third kappa shape index (κ3) is 3.55. The minimum absolute atomic E-state index is 0.445. The van der Waals surface area contributed by atoms with Crippen LogP contribution in [-0.2, 0) is 0 Å². The Morgan fingerprint density at radius 2 is 2.25 bits per heavy atom. The zero-order valence-electron chi connectivity index (χ0n) is 8.26. The summed E-state index contributed by atoms with van der Waals surface area (Å²) in [7, 11) is 0. The standard InChI is InChI=1S/C10H22N2/c1-2-3-4-7-12-8-5-6-10(11)9-12/h10H,2-9,11H2,1H3/t10-/m0/s1. The molecule has 2 N–H and O–H groups in total. The van der Waals surface area contributed by atoms with E-state index in [4.69, 9.17) is 5.73 Å². The zero-order valence-corrected chi connectivity index (χ0v) is 8.26. The van der Waals surface area contributed by atoms with Crippen molar-refractivity contribution in [3.05, 3.63) is 0 Å².